The summed E-state index contributed by atoms with van der Waals surface area (Å²) < 4.78 is 0.670. The minimum absolute atomic E-state index is 0.219. The van der Waals surface area contributed by atoms with E-state index in [1.807, 2.05) is 26.0 Å². The van der Waals surface area contributed by atoms with Crippen molar-refractivity contribution in [1.82, 2.24) is 10.4 Å². The molecule has 0 spiro atoms. The van der Waals surface area contributed by atoms with Crippen molar-refractivity contribution in [2.75, 3.05) is 6.54 Å². The number of carbonyl (C=O) groups is 2. The summed E-state index contributed by atoms with van der Waals surface area (Å²) in [4.78, 5) is 25.5. The summed E-state index contributed by atoms with van der Waals surface area (Å²) in [7, 11) is 0. The number of amides is 2. The van der Waals surface area contributed by atoms with Crippen LogP contribution in [0, 0.1) is 6.92 Å². The molecule has 2 aromatic rings. The molecule has 24 heavy (non-hydrogen) atoms. The van der Waals surface area contributed by atoms with Gasteiger partial charge >= 0.3 is 0 Å². The van der Waals surface area contributed by atoms with Crippen LogP contribution < -0.4 is 5.43 Å². The summed E-state index contributed by atoms with van der Waals surface area (Å²) in [5, 5.41) is 1.02. The number of unbranched alkanes of at least 4 members (excludes halogenated alkanes) is 1. The molecular weight excluding hydrogens is 367 g/mol. The van der Waals surface area contributed by atoms with E-state index in [4.69, 9.17) is 23.2 Å². The number of hydrogen-bond donors (Lipinski definition) is 1. The van der Waals surface area contributed by atoms with Crippen LogP contribution in [-0.4, -0.2) is 23.4 Å². The van der Waals surface area contributed by atoms with E-state index in [9.17, 15) is 9.59 Å². The van der Waals surface area contributed by atoms with Crippen LogP contribution >= 0.6 is 34.5 Å². The Balaban J connectivity index is 2.29. The summed E-state index contributed by atoms with van der Waals surface area (Å²) in [6.45, 7) is 4.48. The summed E-state index contributed by atoms with van der Waals surface area (Å²) in [6, 6.07) is 8.53. The van der Waals surface area contributed by atoms with Gasteiger partial charge in [-0.3, -0.25) is 9.59 Å². The Morgan fingerprint density at radius 1 is 1.17 bits per heavy atom. The van der Waals surface area contributed by atoms with Gasteiger partial charge in [0.05, 0.1) is 9.90 Å². The fraction of sp³-hybridized carbons (Fsp3) is 0.294. The van der Waals surface area contributed by atoms with Crippen molar-refractivity contribution in [3.05, 3.63) is 55.7 Å². The Morgan fingerprint density at radius 2 is 1.83 bits per heavy atom. The number of nitrogens with zero attached hydrogens (tertiary/aromatic N) is 1. The number of imide groups is 1. The van der Waals surface area contributed by atoms with Crippen LogP contribution in [0.3, 0.4) is 0 Å². The van der Waals surface area contributed by atoms with Gasteiger partial charge in [0.15, 0.2) is 0 Å². The maximum Gasteiger partial charge on any atom is 0.277 e. The van der Waals surface area contributed by atoms with Gasteiger partial charge in [-0.05, 0) is 31.5 Å². The Kier molecular flexibility index (Phi) is 6.80. The van der Waals surface area contributed by atoms with Crippen molar-refractivity contribution in [1.29, 1.82) is 0 Å². The molecule has 4 nitrogen and oxygen atoms in total. The van der Waals surface area contributed by atoms with Crippen molar-refractivity contribution >= 4 is 46.4 Å². The lowest BCUT2D eigenvalue weighted by atomic mass is 10.1. The lowest BCUT2D eigenvalue weighted by Crippen LogP contribution is -2.47. The normalized spacial score (nSPS) is 10.7. The Bertz CT molecular complexity index is 729. The molecule has 1 heterocycles. The lowest BCUT2D eigenvalue weighted by Gasteiger charge is -2.21. The van der Waals surface area contributed by atoms with Crippen LogP contribution in [0.25, 0.3) is 0 Å². The molecule has 2 rings (SSSR count). The van der Waals surface area contributed by atoms with Gasteiger partial charge in [0.1, 0.15) is 4.34 Å². The maximum absolute atomic E-state index is 12.8. The number of halogens is 2. The zero-order valence-electron chi connectivity index (χ0n) is 13.4. The molecule has 1 aromatic heterocycles. The summed E-state index contributed by atoms with van der Waals surface area (Å²) in [5.74, 6) is -0.931. The highest BCUT2D eigenvalue weighted by atomic mass is 35.5. The van der Waals surface area contributed by atoms with Crippen LogP contribution in [0.2, 0.25) is 8.67 Å². The summed E-state index contributed by atoms with van der Waals surface area (Å²) >= 11 is 13.1. The van der Waals surface area contributed by atoms with E-state index in [-0.39, 0.29) is 9.90 Å². The Morgan fingerprint density at radius 3 is 2.38 bits per heavy atom. The molecule has 0 bridgehead atoms. The quantitative estimate of drug-likeness (QED) is 0.435. The predicted molar refractivity (Wildman–Crippen MR) is 98.9 cm³/mol. The van der Waals surface area contributed by atoms with Crippen LogP contribution in [-0.2, 0) is 0 Å². The van der Waals surface area contributed by atoms with E-state index < -0.39 is 11.8 Å². The van der Waals surface area contributed by atoms with Crippen molar-refractivity contribution in [2.24, 2.45) is 0 Å². The number of thiophene rings is 1. The van der Waals surface area contributed by atoms with Gasteiger partial charge in [0.2, 0.25) is 0 Å². The topological polar surface area (TPSA) is 49.4 Å². The van der Waals surface area contributed by atoms with Gasteiger partial charge in [0.25, 0.3) is 11.8 Å². The van der Waals surface area contributed by atoms with Crippen LogP contribution in [0.4, 0.5) is 0 Å². The third kappa shape index (κ3) is 4.57. The highest BCUT2D eigenvalue weighted by Crippen LogP contribution is 2.32. The maximum atomic E-state index is 12.8. The van der Waals surface area contributed by atoms with Gasteiger partial charge in [-0.25, -0.2) is 10.4 Å². The molecule has 2 amide bonds. The van der Waals surface area contributed by atoms with Gasteiger partial charge in [-0.15, -0.1) is 11.3 Å². The molecule has 0 saturated carbocycles. The second-order valence-corrected chi connectivity index (χ2v) is 7.60. The predicted octanol–water partition coefficient (Wildman–Crippen LogP) is 4.95. The zero-order valence-corrected chi connectivity index (χ0v) is 15.8. The fourth-order valence-electron chi connectivity index (χ4n) is 2.04. The van der Waals surface area contributed by atoms with Crippen molar-refractivity contribution < 1.29 is 9.59 Å². The van der Waals surface area contributed by atoms with E-state index in [0.717, 1.165) is 34.8 Å². The van der Waals surface area contributed by atoms with Crippen molar-refractivity contribution in [3.63, 3.8) is 0 Å². The van der Waals surface area contributed by atoms with Crippen LogP contribution in [0.1, 0.15) is 46.0 Å². The van der Waals surface area contributed by atoms with E-state index in [0.29, 0.717) is 16.4 Å². The molecule has 0 aliphatic heterocycles. The number of rotatable bonds is 6. The number of hydrogen-bond acceptors (Lipinski definition) is 4. The van der Waals surface area contributed by atoms with E-state index in [1.54, 1.807) is 12.1 Å². The molecular formula is C17H18Cl2N2O2S. The zero-order chi connectivity index (χ0) is 17.7. The Hall–Kier alpha value is -1.40. The molecule has 0 unspecified atom stereocenters. The summed E-state index contributed by atoms with van der Waals surface area (Å²) in [6.07, 6.45) is 1.78. The average molecular weight is 385 g/mol. The molecule has 0 aliphatic rings. The first kappa shape index (κ1) is 18.9. The van der Waals surface area contributed by atoms with Gasteiger partial charge in [-0.1, -0.05) is 54.2 Å². The second kappa shape index (κ2) is 8.62. The minimum Gasteiger partial charge on any atom is -0.267 e. The average Bonchev–Trinajstić information content (AvgIpc) is 2.90. The monoisotopic (exact) mass is 384 g/mol. The van der Waals surface area contributed by atoms with Crippen LogP contribution in [0.5, 0.6) is 0 Å². The number of hydrazine groups is 1. The highest BCUT2D eigenvalue weighted by molar-refractivity contribution is 7.20. The van der Waals surface area contributed by atoms with Crippen molar-refractivity contribution in [2.45, 2.75) is 26.7 Å². The third-order valence-electron chi connectivity index (χ3n) is 3.39. The largest absolute Gasteiger partial charge is 0.277 e. The van der Waals surface area contributed by atoms with E-state index in [2.05, 4.69) is 5.43 Å². The van der Waals surface area contributed by atoms with Gasteiger partial charge < -0.3 is 0 Å². The molecule has 0 fully saturated rings. The first-order valence-electron chi connectivity index (χ1n) is 7.57. The van der Waals surface area contributed by atoms with Gasteiger partial charge in [-0.2, -0.15) is 0 Å². The van der Waals surface area contributed by atoms with E-state index >= 15 is 0 Å². The lowest BCUT2D eigenvalue weighted by molar-refractivity contribution is 0.0526. The fourth-order valence-corrected chi connectivity index (χ4v) is 3.48. The summed E-state index contributed by atoms with van der Waals surface area (Å²) in [5.41, 5.74) is 4.59. The molecule has 1 N–H and O–H groups in total. The second-order valence-electron chi connectivity index (χ2n) is 5.31. The smallest absolute Gasteiger partial charge is 0.267 e. The number of nitrogens with one attached hydrogen (secondary N) is 1. The standard InChI is InChI=1S/C17H18Cl2N2O2S/c1-3-4-9-20-21(16(22)12-7-5-11(2)6-8-12)17(23)13-10-14(18)24-15(13)19/h5-8,10,20H,3-4,9H2,1-2H3. The number of benzene rings is 1. The number of aryl methyl sites for hydroxylation is 1. The molecule has 0 radical (unpaired) electrons. The highest BCUT2D eigenvalue weighted by Gasteiger charge is 2.27. The first-order chi connectivity index (χ1) is 11.4. The van der Waals surface area contributed by atoms with E-state index in [1.165, 1.54) is 6.07 Å². The SMILES string of the molecule is CCCCNN(C(=O)c1ccc(C)cc1)C(=O)c1cc(Cl)sc1Cl. The molecule has 0 atom stereocenters. The minimum atomic E-state index is -0.509. The molecule has 7 heteroatoms. The molecule has 128 valence electrons. The van der Waals surface area contributed by atoms with Crippen molar-refractivity contribution in [3.8, 4) is 0 Å². The molecule has 0 aliphatic carbocycles. The van der Waals surface area contributed by atoms with Gasteiger partial charge in [0, 0.05) is 12.1 Å². The first-order valence-corrected chi connectivity index (χ1v) is 9.15. The molecule has 1 aromatic carbocycles. The third-order valence-corrected chi connectivity index (χ3v) is 4.88. The molecule has 0 saturated heterocycles. The Labute approximate surface area is 155 Å². The van der Waals surface area contributed by atoms with Crippen LogP contribution in [0.15, 0.2) is 30.3 Å². The number of carbonyl (C=O) groups excluding carboxylic acids is 2.